The minimum absolute atomic E-state index is 0.215. The van der Waals surface area contributed by atoms with E-state index < -0.39 is 55.4 Å². The monoisotopic (exact) mass is 779 g/mol. The molecule has 0 spiro atoms. The summed E-state index contributed by atoms with van der Waals surface area (Å²) in [6.45, 7) is 3.27. The molecule has 1 heterocycles. The molecule has 10 heteroatoms. The lowest BCUT2D eigenvalue weighted by Gasteiger charge is -2.39. The summed E-state index contributed by atoms with van der Waals surface area (Å²) in [5, 5.41) is 40.0. The lowest BCUT2D eigenvalue weighted by molar-refractivity contribution is -0.305. The Hall–Kier alpha value is -2.34. The molecule has 55 heavy (non-hydrogen) atoms. The molecule has 10 nitrogen and oxygen atoms in total. The first-order valence-corrected chi connectivity index (χ1v) is 21.7. The highest BCUT2D eigenvalue weighted by atomic mass is 16.7. The van der Waals surface area contributed by atoms with Gasteiger partial charge in [0, 0.05) is 12.8 Å². The predicted octanol–water partition coefficient (Wildman–Crippen LogP) is 8.88. The number of carbonyl (C=O) groups excluding carboxylic acids is 2. The molecule has 0 bridgehead atoms. The van der Waals surface area contributed by atoms with Crippen LogP contribution in [0.3, 0.4) is 0 Å². The van der Waals surface area contributed by atoms with Crippen LogP contribution in [0.2, 0.25) is 0 Å². The van der Waals surface area contributed by atoms with Crippen LogP contribution in [0, 0.1) is 0 Å². The van der Waals surface area contributed by atoms with Gasteiger partial charge in [0.2, 0.25) is 0 Å². The number of esters is 2. The topological polar surface area (TPSA) is 152 Å². The number of carbonyl (C=O) groups is 2. The van der Waals surface area contributed by atoms with Crippen LogP contribution in [-0.2, 0) is 28.5 Å². The third-order valence-corrected chi connectivity index (χ3v) is 9.70. The summed E-state index contributed by atoms with van der Waals surface area (Å²) >= 11 is 0. The minimum atomic E-state index is -1.60. The second-order valence-corrected chi connectivity index (χ2v) is 14.8. The molecule has 1 aliphatic rings. The number of aliphatic hydroxyl groups excluding tert-OH is 4. The molecule has 1 fully saturated rings. The van der Waals surface area contributed by atoms with Gasteiger partial charge in [-0.2, -0.15) is 0 Å². The summed E-state index contributed by atoms with van der Waals surface area (Å²) in [5.74, 6) is -0.838. The average molecular weight is 779 g/mol. The zero-order valence-corrected chi connectivity index (χ0v) is 34.4. The van der Waals surface area contributed by atoms with Crippen molar-refractivity contribution in [1.82, 2.24) is 0 Å². The van der Waals surface area contributed by atoms with Crippen molar-refractivity contribution < 1.29 is 49.0 Å². The molecule has 0 aromatic carbocycles. The Morgan fingerprint density at radius 2 is 1.07 bits per heavy atom. The molecule has 4 N–H and O–H groups in total. The molecular formula is C45H78O10. The van der Waals surface area contributed by atoms with Gasteiger partial charge in [-0.1, -0.05) is 133 Å². The molecule has 1 aliphatic heterocycles. The molecule has 1 saturated heterocycles. The summed E-state index contributed by atoms with van der Waals surface area (Å²) < 4.78 is 22.1. The number of hydrogen-bond acceptors (Lipinski definition) is 10. The fourth-order valence-electron chi connectivity index (χ4n) is 6.25. The average Bonchev–Trinajstić information content (AvgIpc) is 3.18. The Balaban J connectivity index is 2.37. The maximum Gasteiger partial charge on any atom is 0.306 e. The Labute approximate surface area is 333 Å². The maximum absolute atomic E-state index is 12.7. The van der Waals surface area contributed by atoms with Crippen molar-refractivity contribution in [3.05, 3.63) is 48.6 Å². The van der Waals surface area contributed by atoms with Crippen molar-refractivity contribution in [2.45, 2.75) is 205 Å². The van der Waals surface area contributed by atoms with Crippen LogP contribution < -0.4 is 0 Å². The van der Waals surface area contributed by atoms with Crippen LogP contribution in [0.5, 0.6) is 0 Å². The van der Waals surface area contributed by atoms with E-state index in [0.717, 1.165) is 89.9 Å². The molecule has 318 valence electrons. The van der Waals surface area contributed by atoms with Crippen LogP contribution >= 0.6 is 0 Å². The lowest BCUT2D eigenvalue weighted by Crippen LogP contribution is -2.59. The van der Waals surface area contributed by atoms with Gasteiger partial charge in [-0.15, -0.1) is 0 Å². The molecule has 6 atom stereocenters. The van der Waals surface area contributed by atoms with E-state index in [4.69, 9.17) is 18.9 Å². The highest BCUT2D eigenvalue weighted by Crippen LogP contribution is 2.22. The van der Waals surface area contributed by atoms with Crippen molar-refractivity contribution >= 4 is 11.9 Å². The van der Waals surface area contributed by atoms with Crippen LogP contribution in [0.25, 0.3) is 0 Å². The minimum Gasteiger partial charge on any atom is -0.462 e. The van der Waals surface area contributed by atoms with Gasteiger partial charge >= 0.3 is 11.9 Å². The number of ether oxygens (including phenoxy) is 4. The molecule has 0 aromatic heterocycles. The van der Waals surface area contributed by atoms with E-state index in [9.17, 15) is 30.0 Å². The number of aliphatic hydroxyl groups is 4. The van der Waals surface area contributed by atoms with Crippen molar-refractivity contribution in [3.8, 4) is 0 Å². The first-order chi connectivity index (χ1) is 26.8. The number of hydrogen-bond donors (Lipinski definition) is 4. The highest BCUT2D eigenvalue weighted by Gasteiger charge is 2.44. The molecule has 0 amide bonds. The van der Waals surface area contributed by atoms with Crippen LogP contribution in [0.15, 0.2) is 48.6 Å². The summed E-state index contributed by atoms with van der Waals surface area (Å²) in [6.07, 6.45) is 34.0. The molecule has 0 radical (unpaired) electrons. The van der Waals surface area contributed by atoms with Gasteiger partial charge in [-0.05, 0) is 70.6 Å². The van der Waals surface area contributed by atoms with E-state index in [1.807, 2.05) is 0 Å². The van der Waals surface area contributed by atoms with Crippen LogP contribution in [0.1, 0.15) is 168 Å². The van der Waals surface area contributed by atoms with E-state index in [-0.39, 0.29) is 26.1 Å². The number of allylic oxidation sites excluding steroid dienone is 8. The molecule has 0 saturated carbocycles. The van der Waals surface area contributed by atoms with E-state index >= 15 is 0 Å². The van der Waals surface area contributed by atoms with Gasteiger partial charge in [-0.25, -0.2) is 0 Å². The smallest absolute Gasteiger partial charge is 0.306 e. The zero-order chi connectivity index (χ0) is 40.2. The SMILES string of the molecule is CC/C=C/C/C=C/C/C=C/CCCCCCCC(=O)OC[C@@H](CO[C@H]1O[C@@H](CO)[C@@H](O)C(O)C1O)OC(=O)CCCCCCC/C=C/CCCCCCCC. The fourth-order valence-corrected chi connectivity index (χ4v) is 6.25. The van der Waals surface area contributed by atoms with Gasteiger partial charge in [-0.3, -0.25) is 9.59 Å². The molecule has 2 unspecified atom stereocenters. The molecule has 1 rings (SSSR count). The first-order valence-electron chi connectivity index (χ1n) is 21.7. The lowest BCUT2D eigenvalue weighted by atomic mass is 9.99. The van der Waals surface area contributed by atoms with Gasteiger partial charge in [0.15, 0.2) is 12.4 Å². The Bertz CT molecular complexity index is 1040. The highest BCUT2D eigenvalue weighted by molar-refractivity contribution is 5.70. The Kier molecular flexibility index (Phi) is 33.2. The van der Waals surface area contributed by atoms with Gasteiger partial charge < -0.3 is 39.4 Å². The van der Waals surface area contributed by atoms with Gasteiger partial charge in [0.05, 0.1) is 13.2 Å². The summed E-state index contributed by atoms with van der Waals surface area (Å²) in [5.41, 5.74) is 0. The summed E-state index contributed by atoms with van der Waals surface area (Å²) in [7, 11) is 0. The third-order valence-electron chi connectivity index (χ3n) is 9.70. The molecular weight excluding hydrogens is 700 g/mol. The Morgan fingerprint density at radius 1 is 0.582 bits per heavy atom. The number of unbranched alkanes of at least 4 members (excludes halogenated alkanes) is 16. The van der Waals surface area contributed by atoms with Crippen molar-refractivity contribution in [3.63, 3.8) is 0 Å². The van der Waals surface area contributed by atoms with Crippen molar-refractivity contribution in [2.24, 2.45) is 0 Å². The van der Waals surface area contributed by atoms with Crippen molar-refractivity contribution in [1.29, 1.82) is 0 Å². The first kappa shape index (κ1) is 50.7. The normalized spacial score (nSPS) is 21.0. The molecule has 0 aromatic rings. The van der Waals surface area contributed by atoms with Crippen molar-refractivity contribution in [2.75, 3.05) is 19.8 Å². The van der Waals surface area contributed by atoms with E-state index in [1.165, 1.54) is 38.5 Å². The quantitative estimate of drug-likeness (QED) is 0.0279. The second kappa shape index (κ2) is 36.0. The van der Waals surface area contributed by atoms with Crippen LogP contribution in [-0.4, -0.2) is 89.0 Å². The Morgan fingerprint density at radius 3 is 1.64 bits per heavy atom. The van der Waals surface area contributed by atoms with Gasteiger partial charge in [0.25, 0.3) is 0 Å². The largest absolute Gasteiger partial charge is 0.462 e. The second-order valence-electron chi connectivity index (χ2n) is 14.8. The zero-order valence-electron chi connectivity index (χ0n) is 34.4. The van der Waals surface area contributed by atoms with E-state index in [1.54, 1.807) is 0 Å². The summed E-state index contributed by atoms with van der Waals surface area (Å²) in [4.78, 5) is 25.3. The van der Waals surface area contributed by atoms with Crippen LogP contribution in [0.4, 0.5) is 0 Å². The third kappa shape index (κ3) is 27.8. The maximum atomic E-state index is 12.7. The number of rotatable bonds is 35. The predicted molar refractivity (Wildman–Crippen MR) is 219 cm³/mol. The summed E-state index contributed by atoms with van der Waals surface area (Å²) in [6, 6.07) is 0. The molecule has 0 aliphatic carbocycles. The van der Waals surface area contributed by atoms with E-state index in [0.29, 0.717) is 12.8 Å². The van der Waals surface area contributed by atoms with Gasteiger partial charge in [0.1, 0.15) is 31.0 Å². The van der Waals surface area contributed by atoms with E-state index in [2.05, 4.69) is 62.5 Å². The standard InChI is InChI=1S/C45H78O10/c1-3-5-7-9-11-13-15-17-19-21-23-25-27-29-31-33-40(47)52-36-38(37-53-45-44(51)43(50)42(49)39(35-46)55-45)54-41(48)34-32-30-28-26-24-22-20-18-16-14-12-10-8-6-4-2/h5,7,11,13,17-20,38-39,42-46,49-51H,3-4,6,8-10,12,14-16,21-37H2,1-2H3/b7-5+,13-11+,19-17+,20-18+/t38-,39-,42+,43?,44?,45-/m0/s1. The fraction of sp³-hybridized carbons (Fsp3) is 0.778.